The lowest BCUT2D eigenvalue weighted by Gasteiger charge is -2.38. The van der Waals surface area contributed by atoms with Crippen molar-refractivity contribution in [3.63, 3.8) is 0 Å². The van der Waals surface area contributed by atoms with Crippen LogP contribution in [0.5, 0.6) is 0 Å². The third-order valence-electron chi connectivity index (χ3n) is 11.6. The smallest absolute Gasteiger partial charge is 0.410 e. The second-order valence-electron chi connectivity index (χ2n) is 21.8. The normalized spacial score (nSPS) is 22.5. The Morgan fingerprint density at radius 3 is 1.48 bits per heavy atom. The van der Waals surface area contributed by atoms with Gasteiger partial charge in [-0.2, -0.15) is 0 Å². The number of amides is 2. The van der Waals surface area contributed by atoms with E-state index in [1.807, 2.05) is 83.1 Å². The summed E-state index contributed by atoms with van der Waals surface area (Å²) in [5.74, 6) is -1.41. The number of likely N-dealkylation sites (tertiary alicyclic amines) is 3. The van der Waals surface area contributed by atoms with Crippen molar-refractivity contribution in [2.24, 2.45) is 23.7 Å². The number of halogens is 1. The van der Waals surface area contributed by atoms with E-state index in [4.69, 9.17) is 18.9 Å². The quantitative estimate of drug-likeness (QED) is 0.123. The molecule has 2 unspecified atom stereocenters. The van der Waals surface area contributed by atoms with Gasteiger partial charge < -0.3 is 28.7 Å². The van der Waals surface area contributed by atoms with E-state index in [0.29, 0.717) is 56.7 Å². The summed E-state index contributed by atoms with van der Waals surface area (Å²) in [6, 6.07) is 17.4. The zero-order chi connectivity index (χ0) is 45.8. The number of carbonyl (C=O) groups is 4. The van der Waals surface area contributed by atoms with Gasteiger partial charge in [-0.25, -0.2) is 9.59 Å². The SMILES string of the molecule is CC(C)(C)OC(=O)[C@@H](Cc1cccc(CN2CC(Br)CCC2c2cccc(C[C@H](C(=O)OC(C)(C)C)[C@H]3CCN(C(=O)OC(C)(C)C)C3)c2)c1)[C@H]1CCN(C(=O)OC(C)(C)C)C1. The number of nitrogens with zero attached hydrogens (tertiary/aromatic N) is 3. The Morgan fingerprint density at radius 1 is 0.581 bits per heavy atom. The molecule has 2 amide bonds. The molecule has 0 bridgehead atoms. The second-order valence-corrected chi connectivity index (χ2v) is 23.1. The second kappa shape index (κ2) is 20.0. The van der Waals surface area contributed by atoms with Crippen LogP contribution in [0.1, 0.15) is 137 Å². The Bertz CT molecular complexity index is 1870. The fraction of sp³-hybridized carbons (Fsp3) is 0.680. The van der Waals surface area contributed by atoms with Crippen LogP contribution >= 0.6 is 15.9 Å². The highest BCUT2D eigenvalue weighted by Gasteiger charge is 2.41. The lowest BCUT2D eigenvalue weighted by atomic mass is 9.84. The zero-order valence-electron chi connectivity index (χ0n) is 39.6. The summed E-state index contributed by atoms with van der Waals surface area (Å²) in [5, 5.41) is 0. The number of piperidine rings is 1. The molecule has 3 fully saturated rings. The lowest BCUT2D eigenvalue weighted by Crippen LogP contribution is -2.38. The summed E-state index contributed by atoms with van der Waals surface area (Å²) in [7, 11) is 0. The van der Waals surface area contributed by atoms with Crippen LogP contribution in [-0.4, -0.2) is 98.8 Å². The third-order valence-corrected chi connectivity index (χ3v) is 12.3. The fourth-order valence-corrected chi connectivity index (χ4v) is 9.56. The van der Waals surface area contributed by atoms with Gasteiger partial charge in [0.05, 0.1) is 11.8 Å². The number of hydrogen-bond acceptors (Lipinski definition) is 9. The molecule has 5 rings (SSSR count). The highest BCUT2D eigenvalue weighted by Crippen LogP contribution is 2.37. The molecule has 2 aromatic rings. The van der Waals surface area contributed by atoms with E-state index in [1.54, 1.807) is 9.80 Å². The van der Waals surface area contributed by atoms with E-state index in [2.05, 4.69) is 69.4 Å². The summed E-state index contributed by atoms with van der Waals surface area (Å²) in [6.45, 7) is 26.1. The average Bonchev–Trinajstić information content (AvgIpc) is 3.82. The van der Waals surface area contributed by atoms with Crippen molar-refractivity contribution in [2.75, 3.05) is 32.7 Å². The zero-order valence-corrected chi connectivity index (χ0v) is 41.1. The molecule has 0 aliphatic carbocycles. The van der Waals surface area contributed by atoms with E-state index < -0.39 is 34.2 Å². The van der Waals surface area contributed by atoms with Crippen LogP contribution in [0.2, 0.25) is 0 Å². The first-order valence-corrected chi connectivity index (χ1v) is 23.6. The van der Waals surface area contributed by atoms with Gasteiger partial charge in [0.2, 0.25) is 0 Å². The van der Waals surface area contributed by atoms with Crippen LogP contribution in [0.15, 0.2) is 48.5 Å². The Hall–Kier alpha value is -3.64. The molecule has 344 valence electrons. The van der Waals surface area contributed by atoms with Crippen LogP contribution in [0.3, 0.4) is 0 Å². The van der Waals surface area contributed by atoms with E-state index >= 15 is 0 Å². The number of rotatable bonds is 11. The number of alkyl halides is 1. The first-order chi connectivity index (χ1) is 28.7. The molecule has 0 N–H and O–H groups in total. The van der Waals surface area contributed by atoms with Crippen molar-refractivity contribution in [3.05, 3.63) is 70.8 Å². The van der Waals surface area contributed by atoms with Gasteiger partial charge in [-0.1, -0.05) is 64.5 Å². The topological polar surface area (TPSA) is 115 Å². The molecular weight excluding hydrogens is 850 g/mol. The molecular formula is C50H74BrN3O8. The summed E-state index contributed by atoms with van der Waals surface area (Å²) < 4.78 is 23.3. The van der Waals surface area contributed by atoms with Crippen molar-refractivity contribution in [1.82, 2.24) is 14.7 Å². The molecule has 2 aromatic carbocycles. The molecule has 0 radical (unpaired) electrons. The molecule has 0 aromatic heterocycles. The predicted molar refractivity (Wildman–Crippen MR) is 246 cm³/mol. The first-order valence-electron chi connectivity index (χ1n) is 22.7. The first kappa shape index (κ1) is 49.4. The number of ether oxygens (including phenoxy) is 4. The van der Waals surface area contributed by atoms with E-state index in [-0.39, 0.29) is 42.0 Å². The monoisotopic (exact) mass is 923 g/mol. The van der Waals surface area contributed by atoms with Gasteiger partial charge in [0, 0.05) is 50.1 Å². The molecule has 3 aliphatic heterocycles. The maximum Gasteiger partial charge on any atom is 0.410 e. The highest BCUT2D eigenvalue weighted by atomic mass is 79.9. The Morgan fingerprint density at radius 2 is 1.02 bits per heavy atom. The minimum absolute atomic E-state index is 0.0542. The van der Waals surface area contributed by atoms with Gasteiger partial charge >= 0.3 is 24.1 Å². The molecule has 12 heteroatoms. The summed E-state index contributed by atoms with van der Waals surface area (Å²) in [6.07, 6.45) is 3.74. The maximum atomic E-state index is 13.9. The molecule has 0 spiro atoms. The molecule has 3 heterocycles. The summed E-state index contributed by atoms with van der Waals surface area (Å²) in [5.41, 5.74) is 2.04. The molecule has 0 saturated carbocycles. The number of hydrogen-bond donors (Lipinski definition) is 0. The van der Waals surface area contributed by atoms with E-state index in [0.717, 1.165) is 42.6 Å². The summed E-state index contributed by atoms with van der Waals surface area (Å²) >= 11 is 3.93. The molecule has 11 nitrogen and oxygen atoms in total. The van der Waals surface area contributed by atoms with Crippen LogP contribution in [-0.2, 0) is 47.9 Å². The van der Waals surface area contributed by atoms with Gasteiger partial charge in [0.1, 0.15) is 22.4 Å². The minimum atomic E-state index is -0.636. The molecule has 3 saturated heterocycles. The third kappa shape index (κ3) is 15.0. The highest BCUT2D eigenvalue weighted by molar-refractivity contribution is 9.09. The number of benzene rings is 2. The predicted octanol–water partition coefficient (Wildman–Crippen LogP) is 10.3. The maximum absolute atomic E-state index is 13.9. The van der Waals surface area contributed by atoms with Crippen LogP contribution in [0.4, 0.5) is 9.59 Å². The molecule has 62 heavy (non-hydrogen) atoms. The molecule has 6 atom stereocenters. The van der Waals surface area contributed by atoms with E-state index in [9.17, 15) is 19.2 Å². The van der Waals surface area contributed by atoms with E-state index in [1.165, 1.54) is 5.56 Å². The molecule has 3 aliphatic rings. The number of esters is 2. The van der Waals surface area contributed by atoms with Crippen molar-refractivity contribution in [2.45, 2.75) is 161 Å². The Balaban J connectivity index is 1.33. The van der Waals surface area contributed by atoms with Gasteiger partial charge in [-0.15, -0.1) is 0 Å². The van der Waals surface area contributed by atoms with Gasteiger partial charge in [-0.05, 0) is 156 Å². The minimum Gasteiger partial charge on any atom is -0.460 e. The standard InChI is InChI=1S/C50H74BrN3O8/c1-47(2,3)59-43(55)40(37-21-23-52(30-37)45(57)61-49(7,8)9)27-33-15-13-17-35(25-33)29-54-32-39(51)19-20-42(54)36-18-14-16-34(26-36)28-41(44(56)60-48(4,5)6)38-22-24-53(31-38)46(58)62-50(10,11)12/h13-18,25-26,37-42H,19-24,27-32H2,1-12H3/t37-,38-,39?,40-,41-,42?/m0/s1. The van der Waals surface area contributed by atoms with Gasteiger partial charge in [0.25, 0.3) is 0 Å². The van der Waals surface area contributed by atoms with Crippen molar-refractivity contribution in [3.8, 4) is 0 Å². The largest absolute Gasteiger partial charge is 0.460 e. The summed E-state index contributed by atoms with van der Waals surface area (Å²) in [4.78, 5) is 60.0. The van der Waals surface area contributed by atoms with Crippen LogP contribution < -0.4 is 0 Å². The Kier molecular flexibility index (Phi) is 16.0. The van der Waals surface area contributed by atoms with Crippen LogP contribution in [0, 0.1) is 23.7 Å². The van der Waals surface area contributed by atoms with Crippen LogP contribution in [0.25, 0.3) is 0 Å². The van der Waals surface area contributed by atoms with Crippen molar-refractivity contribution >= 4 is 40.1 Å². The van der Waals surface area contributed by atoms with Gasteiger partial charge in [0.15, 0.2) is 0 Å². The lowest BCUT2D eigenvalue weighted by molar-refractivity contribution is -0.163. The fourth-order valence-electron chi connectivity index (χ4n) is 8.93. The Labute approximate surface area is 380 Å². The number of carbonyl (C=O) groups excluding carboxylic acids is 4. The van der Waals surface area contributed by atoms with Crippen molar-refractivity contribution < 1.29 is 38.1 Å². The van der Waals surface area contributed by atoms with Gasteiger partial charge in [-0.3, -0.25) is 14.5 Å². The van der Waals surface area contributed by atoms with Crippen molar-refractivity contribution in [1.29, 1.82) is 0 Å². The average molecular weight is 925 g/mol.